The predicted octanol–water partition coefficient (Wildman–Crippen LogP) is 3.28. The van der Waals surface area contributed by atoms with Crippen LogP contribution in [0.3, 0.4) is 0 Å². The van der Waals surface area contributed by atoms with Gasteiger partial charge in [0.1, 0.15) is 0 Å². The van der Waals surface area contributed by atoms with Crippen molar-refractivity contribution in [2.24, 2.45) is 0 Å². The van der Waals surface area contributed by atoms with E-state index in [4.69, 9.17) is 11.6 Å². The number of hydrogen-bond donors (Lipinski definition) is 1. The summed E-state index contributed by atoms with van der Waals surface area (Å²) in [5.41, 5.74) is 3.65. The fraction of sp³-hybridized carbons (Fsp3) is 0.312. The number of hydrogen-bond acceptors (Lipinski definition) is 2. The lowest BCUT2D eigenvalue weighted by molar-refractivity contribution is 0.677. The molecule has 21 heavy (non-hydrogen) atoms. The molecule has 1 aromatic carbocycles. The number of nitrogens with one attached hydrogen (secondary N) is 1. The smallest absolute Gasteiger partial charge is 0.0948 e. The summed E-state index contributed by atoms with van der Waals surface area (Å²) in [4.78, 5) is 4.24. The minimum atomic E-state index is 0.766. The summed E-state index contributed by atoms with van der Waals surface area (Å²) in [5.74, 6) is 0. The zero-order valence-corrected chi connectivity index (χ0v) is 13.1. The Bertz CT molecular complexity index is 757. The van der Waals surface area contributed by atoms with Crippen LogP contribution in [0.4, 0.5) is 0 Å². The van der Waals surface area contributed by atoms with Gasteiger partial charge in [-0.3, -0.25) is 0 Å². The first kappa shape index (κ1) is 14.2. The normalized spacial score (nSPS) is 11.4. The Labute approximate surface area is 129 Å². The van der Waals surface area contributed by atoms with Crippen LogP contribution in [-0.2, 0) is 19.6 Å². The monoisotopic (exact) mass is 302 g/mol. The molecule has 0 fully saturated rings. The molecule has 0 atom stereocenters. The number of halogens is 1. The number of imidazole rings is 1. The molecule has 1 N–H and O–H groups in total. The molecule has 0 aliphatic heterocycles. The standard InChI is InChI=1S/C16H19ClN4/c1-3-20-11-19-8-14(20)10-21-9-12(7-18-2)15-5-4-13(17)6-16(15)21/h4-6,8-9,11,18H,3,7,10H2,1-2H3. The van der Waals surface area contributed by atoms with Crippen molar-refractivity contribution in [1.82, 2.24) is 19.4 Å². The van der Waals surface area contributed by atoms with Crippen molar-refractivity contribution in [1.29, 1.82) is 0 Å². The van der Waals surface area contributed by atoms with Crippen molar-refractivity contribution in [2.45, 2.75) is 26.6 Å². The molecule has 0 aliphatic rings. The number of rotatable bonds is 5. The number of aromatic nitrogens is 3. The maximum absolute atomic E-state index is 6.17. The zero-order valence-electron chi connectivity index (χ0n) is 12.3. The fourth-order valence-electron chi connectivity index (χ4n) is 2.74. The highest BCUT2D eigenvalue weighted by atomic mass is 35.5. The van der Waals surface area contributed by atoms with Crippen LogP contribution in [0.1, 0.15) is 18.2 Å². The summed E-state index contributed by atoms with van der Waals surface area (Å²) in [6.07, 6.45) is 6.00. The van der Waals surface area contributed by atoms with E-state index < -0.39 is 0 Å². The predicted molar refractivity (Wildman–Crippen MR) is 86.7 cm³/mol. The van der Waals surface area contributed by atoms with Crippen LogP contribution in [0.25, 0.3) is 10.9 Å². The van der Waals surface area contributed by atoms with Gasteiger partial charge in [-0.25, -0.2) is 4.98 Å². The molecule has 5 heteroatoms. The first-order chi connectivity index (χ1) is 10.2. The summed E-state index contributed by atoms with van der Waals surface area (Å²) >= 11 is 6.17. The van der Waals surface area contributed by atoms with Gasteiger partial charge in [0, 0.05) is 35.9 Å². The van der Waals surface area contributed by atoms with Gasteiger partial charge >= 0.3 is 0 Å². The zero-order chi connectivity index (χ0) is 14.8. The van der Waals surface area contributed by atoms with Crippen LogP contribution >= 0.6 is 11.6 Å². The molecule has 0 amide bonds. The van der Waals surface area contributed by atoms with Crippen LogP contribution in [0.5, 0.6) is 0 Å². The second-order valence-electron chi connectivity index (χ2n) is 5.15. The quantitative estimate of drug-likeness (QED) is 0.785. The molecule has 0 saturated carbocycles. The largest absolute Gasteiger partial charge is 0.341 e. The third-order valence-corrected chi connectivity index (χ3v) is 4.00. The molecule has 0 bridgehead atoms. The second kappa shape index (κ2) is 5.92. The summed E-state index contributed by atoms with van der Waals surface area (Å²) in [7, 11) is 1.96. The molecular formula is C16H19ClN4. The van der Waals surface area contributed by atoms with Crippen molar-refractivity contribution in [3.63, 3.8) is 0 Å². The van der Waals surface area contributed by atoms with Gasteiger partial charge in [-0.05, 0) is 31.7 Å². The number of benzene rings is 1. The Morgan fingerprint density at radius 2 is 2.14 bits per heavy atom. The molecule has 2 heterocycles. The molecule has 110 valence electrons. The molecule has 0 saturated heterocycles. The van der Waals surface area contributed by atoms with Gasteiger partial charge in [-0.1, -0.05) is 17.7 Å². The van der Waals surface area contributed by atoms with E-state index in [2.05, 4.69) is 38.6 Å². The van der Waals surface area contributed by atoms with Gasteiger partial charge in [0.15, 0.2) is 0 Å². The van der Waals surface area contributed by atoms with E-state index in [1.54, 1.807) is 0 Å². The van der Waals surface area contributed by atoms with E-state index in [9.17, 15) is 0 Å². The molecule has 2 aromatic heterocycles. The van der Waals surface area contributed by atoms with E-state index in [-0.39, 0.29) is 0 Å². The third kappa shape index (κ3) is 2.69. The van der Waals surface area contributed by atoms with Gasteiger partial charge in [0.2, 0.25) is 0 Å². The number of fused-ring (bicyclic) bond motifs is 1. The van der Waals surface area contributed by atoms with Crippen LogP contribution in [0, 0.1) is 0 Å². The summed E-state index contributed by atoms with van der Waals surface area (Å²) < 4.78 is 4.41. The SMILES string of the molecule is CCn1cncc1Cn1cc(CNC)c2ccc(Cl)cc21. The average Bonchev–Trinajstić information content (AvgIpc) is 3.05. The van der Waals surface area contributed by atoms with E-state index in [0.717, 1.165) is 30.2 Å². The minimum Gasteiger partial charge on any atom is -0.341 e. The molecule has 3 aromatic rings. The lowest BCUT2D eigenvalue weighted by Gasteiger charge is -2.08. The third-order valence-electron chi connectivity index (χ3n) is 3.77. The van der Waals surface area contributed by atoms with Crippen molar-refractivity contribution in [3.05, 3.63) is 53.2 Å². The second-order valence-corrected chi connectivity index (χ2v) is 5.58. The summed E-state index contributed by atoms with van der Waals surface area (Å²) in [6.45, 7) is 4.70. The number of nitrogens with zero attached hydrogens (tertiary/aromatic N) is 3. The number of aryl methyl sites for hydroxylation is 1. The van der Waals surface area contributed by atoms with Gasteiger partial charge in [-0.15, -0.1) is 0 Å². The Kier molecular flexibility index (Phi) is 3.99. The average molecular weight is 303 g/mol. The van der Waals surface area contributed by atoms with Gasteiger partial charge < -0.3 is 14.5 Å². The van der Waals surface area contributed by atoms with E-state index in [1.807, 2.05) is 31.7 Å². The van der Waals surface area contributed by atoms with Crippen molar-refractivity contribution in [3.8, 4) is 0 Å². The molecule has 0 unspecified atom stereocenters. The first-order valence-electron chi connectivity index (χ1n) is 7.13. The van der Waals surface area contributed by atoms with E-state index in [0.29, 0.717) is 0 Å². The highest BCUT2D eigenvalue weighted by Crippen LogP contribution is 2.25. The molecule has 0 radical (unpaired) electrons. The summed E-state index contributed by atoms with van der Waals surface area (Å²) in [5, 5.41) is 5.23. The lowest BCUT2D eigenvalue weighted by atomic mass is 10.2. The van der Waals surface area contributed by atoms with Crippen molar-refractivity contribution < 1.29 is 0 Å². The van der Waals surface area contributed by atoms with Gasteiger partial charge in [0.25, 0.3) is 0 Å². The fourth-order valence-corrected chi connectivity index (χ4v) is 2.91. The summed E-state index contributed by atoms with van der Waals surface area (Å²) in [6, 6.07) is 6.07. The van der Waals surface area contributed by atoms with Crippen molar-refractivity contribution >= 4 is 22.5 Å². The van der Waals surface area contributed by atoms with Gasteiger partial charge in [0.05, 0.1) is 24.1 Å². The Hall–Kier alpha value is -1.78. The molecule has 3 rings (SSSR count). The van der Waals surface area contributed by atoms with Crippen LogP contribution in [0.15, 0.2) is 36.9 Å². The first-order valence-corrected chi connectivity index (χ1v) is 7.51. The topological polar surface area (TPSA) is 34.8 Å². The highest BCUT2D eigenvalue weighted by Gasteiger charge is 2.10. The van der Waals surface area contributed by atoms with Crippen molar-refractivity contribution in [2.75, 3.05) is 7.05 Å². The molecular weight excluding hydrogens is 284 g/mol. The van der Waals surface area contributed by atoms with Crippen LogP contribution < -0.4 is 5.32 Å². The Morgan fingerprint density at radius 1 is 1.29 bits per heavy atom. The van der Waals surface area contributed by atoms with E-state index >= 15 is 0 Å². The Morgan fingerprint density at radius 3 is 2.90 bits per heavy atom. The highest BCUT2D eigenvalue weighted by molar-refractivity contribution is 6.31. The van der Waals surface area contributed by atoms with Gasteiger partial charge in [-0.2, -0.15) is 0 Å². The Balaban J connectivity index is 2.07. The van der Waals surface area contributed by atoms with Crippen LogP contribution in [0.2, 0.25) is 5.02 Å². The maximum Gasteiger partial charge on any atom is 0.0948 e. The molecule has 0 aliphatic carbocycles. The molecule has 0 spiro atoms. The lowest BCUT2D eigenvalue weighted by Crippen LogP contribution is -2.06. The van der Waals surface area contributed by atoms with Crippen LogP contribution in [-0.4, -0.2) is 21.2 Å². The maximum atomic E-state index is 6.17. The molecule has 4 nitrogen and oxygen atoms in total. The minimum absolute atomic E-state index is 0.766. The van der Waals surface area contributed by atoms with E-state index in [1.165, 1.54) is 16.6 Å².